The van der Waals surface area contributed by atoms with Crippen LogP contribution in [0.2, 0.25) is 0 Å². The van der Waals surface area contributed by atoms with Crippen LogP contribution >= 0.6 is 0 Å². The maximum absolute atomic E-state index is 9.26. The molecule has 0 fully saturated rings. The Bertz CT molecular complexity index is 638. The number of aliphatic hydroxyl groups excluding tert-OH is 1. The number of para-hydroxylation sites is 1. The van der Waals surface area contributed by atoms with E-state index in [1.54, 1.807) is 0 Å². The summed E-state index contributed by atoms with van der Waals surface area (Å²) < 4.78 is 5.82. The minimum absolute atomic E-state index is 0.000910. The van der Waals surface area contributed by atoms with Gasteiger partial charge in [0.25, 0.3) is 0 Å². The number of hydrogen-bond donors (Lipinski definition) is 1. The Morgan fingerprint density at radius 3 is 2.53 bits per heavy atom. The highest BCUT2D eigenvalue weighted by Gasteiger charge is 2.08. The summed E-state index contributed by atoms with van der Waals surface area (Å²) in [5.74, 6) is 0.835. The van der Waals surface area contributed by atoms with Gasteiger partial charge in [0.05, 0.1) is 6.61 Å². The Hall–Kier alpha value is -2.06. The summed E-state index contributed by atoms with van der Waals surface area (Å²) in [5, 5.41) is 10.3. The molecule has 1 aromatic heterocycles. The van der Waals surface area contributed by atoms with E-state index in [4.69, 9.17) is 4.42 Å². The van der Waals surface area contributed by atoms with Crippen molar-refractivity contribution in [2.24, 2.45) is 0 Å². The molecule has 3 rings (SSSR count). The molecule has 0 spiro atoms. The van der Waals surface area contributed by atoms with Crippen molar-refractivity contribution in [2.75, 3.05) is 0 Å². The predicted molar refractivity (Wildman–Crippen MR) is 67.6 cm³/mol. The molecular weight excluding hydrogens is 212 g/mol. The van der Waals surface area contributed by atoms with Crippen molar-refractivity contribution in [3.05, 3.63) is 60.2 Å². The van der Waals surface area contributed by atoms with Gasteiger partial charge >= 0.3 is 0 Å². The van der Waals surface area contributed by atoms with Crippen LogP contribution in [0.25, 0.3) is 22.3 Å². The fourth-order valence-corrected chi connectivity index (χ4v) is 1.99. The van der Waals surface area contributed by atoms with Crippen molar-refractivity contribution < 1.29 is 9.52 Å². The molecule has 3 aromatic rings. The molecule has 0 saturated heterocycles. The number of furan rings is 1. The Morgan fingerprint density at radius 2 is 1.76 bits per heavy atom. The summed E-state index contributed by atoms with van der Waals surface area (Å²) in [5.41, 5.74) is 2.64. The van der Waals surface area contributed by atoms with Gasteiger partial charge in [-0.3, -0.25) is 0 Å². The van der Waals surface area contributed by atoms with Crippen molar-refractivity contribution in [1.82, 2.24) is 0 Å². The molecule has 0 atom stereocenters. The molecular formula is C15H12O2. The van der Waals surface area contributed by atoms with Crippen molar-refractivity contribution in [2.45, 2.75) is 6.61 Å². The van der Waals surface area contributed by atoms with E-state index in [1.165, 1.54) is 0 Å². The number of hydrogen-bond acceptors (Lipinski definition) is 2. The smallest absolute Gasteiger partial charge is 0.140 e. The van der Waals surface area contributed by atoms with Gasteiger partial charge in [0.15, 0.2) is 0 Å². The summed E-state index contributed by atoms with van der Waals surface area (Å²) >= 11 is 0. The summed E-state index contributed by atoms with van der Waals surface area (Å²) in [4.78, 5) is 0. The second-order valence-corrected chi connectivity index (χ2v) is 3.97. The zero-order valence-corrected chi connectivity index (χ0v) is 9.26. The zero-order chi connectivity index (χ0) is 11.7. The van der Waals surface area contributed by atoms with Crippen molar-refractivity contribution >= 4 is 11.0 Å². The maximum Gasteiger partial charge on any atom is 0.140 e. The fourth-order valence-electron chi connectivity index (χ4n) is 1.99. The molecule has 0 aliphatic heterocycles. The quantitative estimate of drug-likeness (QED) is 0.721. The van der Waals surface area contributed by atoms with Gasteiger partial charge in [-0.05, 0) is 6.07 Å². The molecule has 84 valence electrons. The second kappa shape index (κ2) is 4.07. The molecule has 17 heavy (non-hydrogen) atoms. The first kappa shape index (κ1) is 10.1. The SMILES string of the molecule is OCc1cccc2cc(-c3ccccc3)oc12. The molecule has 1 heterocycles. The minimum atomic E-state index is -0.000910. The molecule has 0 radical (unpaired) electrons. The first-order valence-corrected chi connectivity index (χ1v) is 5.56. The van der Waals surface area contributed by atoms with Gasteiger partial charge in [-0.25, -0.2) is 0 Å². The van der Waals surface area contributed by atoms with Crippen LogP contribution in [-0.4, -0.2) is 5.11 Å². The first-order valence-electron chi connectivity index (χ1n) is 5.56. The van der Waals surface area contributed by atoms with Gasteiger partial charge in [-0.15, -0.1) is 0 Å². The Labute approximate surface area is 99.1 Å². The van der Waals surface area contributed by atoms with E-state index in [0.717, 1.165) is 27.9 Å². The molecule has 0 aliphatic carbocycles. The molecule has 2 aromatic carbocycles. The van der Waals surface area contributed by atoms with Crippen molar-refractivity contribution in [1.29, 1.82) is 0 Å². The van der Waals surface area contributed by atoms with Crippen LogP contribution in [0.1, 0.15) is 5.56 Å². The average molecular weight is 224 g/mol. The zero-order valence-electron chi connectivity index (χ0n) is 9.26. The third kappa shape index (κ3) is 1.73. The topological polar surface area (TPSA) is 33.4 Å². The fraction of sp³-hybridized carbons (Fsp3) is 0.0667. The lowest BCUT2D eigenvalue weighted by atomic mass is 10.1. The lowest BCUT2D eigenvalue weighted by Gasteiger charge is -1.96. The van der Waals surface area contributed by atoms with E-state index in [0.29, 0.717) is 0 Å². The highest BCUT2D eigenvalue weighted by molar-refractivity contribution is 5.85. The average Bonchev–Trinajstić information content (AvgIpc) is 2.83. The van der Waals surface area contributed by atoms with E-state index in [1.807, 2.05) is 54.6 Å². The third-order valence-electron chi connectivity index (χ3n) is 2.85. The third-order valence-corrected chi connectivity index (χ3v) is 2.85. The van der Waals surface area contributed by atoms with Gasteiger partial charge < -0.3 is 9.52 Å². The van der Waals surface area contributed by atoms with E-state index in [-0.39, 0.29) is 6.61 Å². The summed E-state index contributed by atoms with van der Waals surface area (Å²) in [7, 11) is 0. The molecule has 0 aliphatic rings. The molecule has 2 nitrogen and oxygen atoms in total. The van der Waals surface area contributed by atoms with Crippen LogP contribution in [0, 0.1) is 0 Å². The van der Waals surface area contributed by atoms with E-state index in [9.17, 15) is 5.11 Å². The number of aliphatic hydroxyl groups is 1. The van der Waals surface area contributed by atoms with Crippen LogP contribution in [0.5, 0.6) is 0 Å². The summed E-state index contributed by atoms with van der Waals surface area (Å²) in [6.07, 6.45) is 0. The first-order chi connectivity index (χ1) is 8.38. The standard InChI is InChI=1S/C15H12O2/c16-10-13-8-4-7-12-9-14(17-15(12)13)11-5-2-1-3-6-11/h1-9,16H,10H2. The molecule has 1 N–H and O–H groups in total. The highest BCUT2D eigenvalue weighted by atomic mass is 16.3. The Balaban J connectivity index is 2.20. The number of rotatable bonds is 2. The van der Waals surface area contributed by atoms with Crippen LogP contribution in [0.15, 0.2) is 59.0 Å². The Morgan fingerprint density at radius 1 is 0.941 bits per heavy atom. The molecule has 0 bridgehead atoms. The molecule has 0 saturated carbocycles. The predicted octanol–water partition coefficient (Wildman–Crippen LogP) is 3.59. The number of benzene rings is 2. The van der Waals surface area contributed by atoms with E-state index >= 15 is 0 Å². The van der Waals surface area contributed by atoms with Crippen molar-refractivity contribution in [3.63, 3.8) is 0 Å². The van der Waals surface area contributed by atoms with E-state index in [2.05, 4.69) is 0 Å². The minimum Gasteiger partial charge on any atom is -0.456 e. The van der Waals surface area contributed by atoms with Crippen LogP contribution < -0.4 is 0 Å². The summed E-state index contributed by atoms with van der Waals surface area (Å²) in [6.45, 7) is -0.000910. The van der Waals surface area contributed by atoms with E-state index < -0.39 is 0 Å². The van der Waals surface area contributed by atoms with Crippen LogP contribution in [0.4, 0.5) is 0 Å². The molecule has 2 heteroatoms. The van der Waals surface area contributed by atoms with Gasteiger partial charge in [0, 0.05) is 16.5 Å². The lowest BCUT2D eigenvalue weighted by molar-refractivity contribution is 0.282. The van der Waals surface area contributed by atoms with Gasteiger partial charge in [0.1, 0.15) is 11.3 Å². The Kier molecular flexibility index (Phi) is 2.42. The molecule has 0 unspecified atom stereocenters. The second-order valence-electron chi connectivity index (χ2n) is 3.97. The van der Waals surface area contributed by atoms with Crippen molar-refractivity contribution in [3.8, 4) is 11.3 Å². The van der Waals surface area contributed by atoms with Gasteiger partial charge in [0.2, 0.25) is 0 Å². The largest absolute Gasteiger partial charge is 0.456 e. The van der Waals surface area contributed by atoms with Crippen LogP contribution in [0.3, 0.4) is 0 Å². The normalized spacial score (nSPS) is 10.9. The van der Waals surface area contributed by atoms with Crippen LogP contribution in [-0.2, 0) is 6.61 Å². The highest BCUT2D eigenvalue weighted by Crippen LogP contribution is 2.29. The maximum atomic E-state index is 9.26. The number of fused-ring (bicyclic) bond motifs is 1. The molecule has 0 amide bonds. The lowest BCUT2D eigenvalue weighted by Crippen LogP contribution is -1.81. The monoisotopic (exact) mass is 224 g/mol. The summed E-state index contributed by atoms with van der Waals surface area (Å²) in [6, 6.07) is 17.8. The van der Waals surface area contributed by atoms with Gasteiger partial charge in [-0.1, -0.05) is 48.5 Å². The van der Waals surface area contributed by atoms with Gasteiger partial charge in [-0.2, -0.15) is 0 Å².